The lowest BCUT2D eigenvalue weighted by molar-refractivity contribution is 0.146. The summed E-state index contributed by atoms with van der Waals surface area (Å²) in [4.78, 5) is 9.08. The number of phosphoric ester groups is 1. The molecule has 0 spiro atoms. The SMILES string of the molecule is CCCCOP(=O)(O)OCCCC.ONCc1ccccc1. The van der Waals surface area contributed by atoms with Gasteiger partial charge in [-0.25, -0.2) is 10.0 Å². The van der Waals surface area contributed by atoms with Crippen LogP contribution in [0.25, 0.3) is 0 Å². The molecule has 0 atom stereocenters. The highest BCUT2D eigenvalue weighted by Crippen LogP contribution is 2.43. The van der Waals surface area contributed by atoms with Crippen molar-refractivity contribution in [1.29, 1.82) is 0 Å². The van der Waals surface area contributed by atoms with Gasteiger partial charge in [-0.1, -0.05) is 57.0 Å². The summed E-state index contributed by atoms with van der Waals surface area (Å²) in [7, 11) is -3.75. The topological polar surface area (TPSA) is 88.0 Å². The van der Waals surface area contributed by atoms with Crippen LogP contribution in [0.1, 0.15) is 45.1 Å². The molecule has 128 valence electrons. The van der Waals surface area contributed by atoms with Gasteiger partial charge in [0.15, 0.2) is 0 Å². The molecule has 0 aromatic heterocycles. The van der Waals surface area contributed by atoms with Gasteiger partial charge in [-0.05, 0) is 18.4 Å². The van der Waals surface area contributed by atoms with E-state index in [-0.39, 0.29) is 13.2 Å². The number of rotatable bonds is 10. The lowest BCUT2D eigenvalue weighted by Gasteiger charge is -2.10. The normalized spacial score (nSPS) is 10.9. The number of phosphoric acid groups is 1. The quantitative estimate of drug-likeness (QED) is 0.342. The molecular weight excluding hydrogens is 305 g/mol. The molecule has 22 heavy (non-hydrogen) atoms. The third-order valence-corrected chi connectivity index (χ3v) is 3.65. The van der Waals surface area contributed by atoms with E-state index in [2.05, 4.69) is 5.48 Å². The first-order chi connectivity index (χ1) is 10.6. The van der Waals surface area contributed by atoms with E-state index in [0.29, 0.717) is 6.54 Å². The minimum atomic E-state index is -3.75. The van der Waals surface area contributed by atoms with E-state index in [4.69, 9.17) is 19.1 Å². The largest absolute Gasteiger partial charge is 0.472 e. The summed E-state index contributed by atoms with van der Waals surface area (Å²) in [6.07, 6.45) is 3.44. The molecule has 1 aromatic rings. The minimum Gasteiger partial charge on any atom is -0.316 e. The number of nitrogens with one attached hydrogen (secondary N) is 1. The highest BCUT2D eigenvalue weighted by atomic mass is 31.2. The fourth-order valence-electron chi connectivity index (χ4n) is 1.37. The average Bonchev–Trinajstić information content (AvgIpc) is 2.50. The molecule has 6 nitrogen and oxygen atoms in total. The van der Waals surface area contributed by atoms with Gasteiger partial charge in [-0.15, -0.1) is 0 Å². The first-order valence-electron chi connectivity index (χ1n) is 7.58. The van der Waals surface area contributed by atoms with E-state index < -0.39 is 7.82 Å². The summed E-state index contributed by atoms with van der Waals surface area (Å²) in [5.41, 5.74) is 3.17. The summed E-state index contributed by atoms with van der Waals surface area (Å²) in [5, 5.41) is 8.27. The Bertz CT molecular complexity index is 388. The van der Waals surface area contributed by atoms with E-state index in [1.165, 1.54) is 0 Å². The lowest BCUT2D eigenvalue weighted by atomic mass is 10.2. The molecule has 0 heterocycles. The maximum atomic E-state index is 11.1. The van der Waals surface area contributed by atoms with Crippen molar-refractivity contribution in [1.82, 2.24) is 5.48 Å². The number of hydrogen-bond acceptors (Lipinski definition) is 5. The zero-order valence-electron chi connectivity index (χ0n) is 13.4. The third kappa shape index (κ3) is 13.0. The van der Waals surface area contributed by atoms with Crippen molar-refractivity contribution in [2.75, 3.05) is 13.2 Å². The highest BCUT2D eigenvalue weighted by molar-refractivity contribution is 7.47. The molecule has 0 saturated carbocycles. The van der Waals surface area contributed by atoms with Gasteiger partial charge >= 0.3 is 7.82 Å². The van der Waals surface area contributed by atoms with Gasteiger partial charge in [0.2, 0.25) is 0 Å². The molecule has 0 aliphatic rings. The Kier molecular flexibility index (Phi) is 13.4. The van der Waals surface area contributed by atoms with Crippen molar-refractivity contribution in [3.05, 3.63) is 35.9 Å². The van der Waals surface area contributed by atoms with Crippen LogP contribution in [0.4, 0.5) is 0 Å². The van der Waals surface area contributed by atoms with Gasteiger partial charge in [0.1, 0.15) is 0 Å². The molecule has 0 amide bonds. The van der Waals surface area contributed by atoms with Crippen LogP contribution in [0.2, 0.25) is 0 Å². The van der Waals surface area contributed by atoms with Crippen molar-refractivity contribution in [2.45, 2.75) is 46.1 Å². The fourth-order valence-corrected chi connectivity index (χ4v) is 2.17. The highest BCUT2D eigenvalue weighted by Gasteiger charge is 2.19. The van der Waals surface area contributed by atoms with Crippen LogP contribution in [-0.2, 0) is 20.2 Å². The van der Waals surface area contributed by atoms with Crippen LogP contribution in [0.3, 0.4) is 0 Å². The van der Waals surface area contributed by atoms with Crippen LogP contribution in [0.15, 0.2) is 30.3 Å². The molecule has 0 aliphatic heterocycles. The average molecular weight is 333 g/mol. The third-order valence-electron chi connectivity index (χ3n) is 2.63. The molecule has 0 aliphatic carbocycles. The summed E-state index contributed by atoms with van der Waals surface area (Å²) < 4.78 is 20.5. The molecule has 0 unspecified atom stereocenters. The van der Waals surface area contributed by atoms with Crippen LogP contribution in [0, 0.1) is 0 Å². The summed E-state index contributed by atoms with van der Waals surface area (Å²) >= 11 is 0. The molecule has 7 heteroatoms. The van der Waals surface area contributed by atoms with Crippen molar-refractivity contribution in [3.63, 3.8) is 0 Å². The molecule has 3 N–H and O–H groups in total. The van der Waals surface area contributed by atoms with E-state index in [9.17, 15) is 4.57 Å². The molecule has 0 bridgehead atoms. The summed E-state index contributed by atoms with van der Waals surface area (Å²) in [6, 6.07) is 9.71. The molecule has 0 fully saturated rings. The van der Waals surface area contributed by atoms with E-state index >= 15 is 0 Å². The number of hydroxylamine groups is 1. The van der Waals surface area contributed by atoms with E-state index in [1.807, 2.05) is 44.2 Å². The first kappa shape index (κ1) is 21.2. The second-order valence-corrected chi connectivity index (χ2v) is 6.12. The molecular formula is C15H28NO5P. The monoisotopic (exact) mass is 333 g/mol. The van der Waals surface area contributed by atoms with Crippen LogP contribution >= 0.6 is 7.82 Å². The number of benzene rings is 1. The predicted octanol–water partition coefficient (Wildman–Crippen LogP) is 3.89. The van der Waals surface area contributed by atoms with Gasteiger partial charge in [0.25, 0.3) is 0 Å². The van der Waals surface area contributed by atoms with Crippen molar-refractivity contribution < 1.29 is 23.7 Å². The predicted molar refractivity (Wildman–Crippen MR) is 86.6 cm³/mol. The second kappa shape index (κ2) is 13.9. The Morgan fingerprint density at radius 2 is 1.55 bits per heavy atom. The van der Waals surface area contributed by atoms with E-state index in [0.717, 1.165) is 31.2 Å². The Morgan fingerprint density at radius 1 is 1.05 bits per heavy atom. The summed E-state index contributed by atoms with van der Waals surface area (Å²) in [5.74, 6) is 0. The van der Waals surface area contributed by atoms with E-state index in [1.54, 1.807) is 0 Å². The summed E-state index contributed by atoms with van der Waals surface area (Å²) in [6.45, 7) is 5.07. The van der Waals surface area contributed by atoms with Crippen LogP contribution < -0.4 is 5.48 Å². The van der Waals surface area contributed by atoms with Crippen molar-refractivity contribution in [3.8, 4) is 0 Å². The molecule has 0 saturated heterocycles. The standard InChI is InChI=1S/C8H19O4P.C7H9NO/c1-3-5-7-11-13(9,10)12-8-6-4-2;9-8-6-7-4-2-1-3-5-7/h3-8H2,1-2H3,(H,9,10);1-5,8-9H,6H2. The molecule has 0 radical (unpaired) electrons. The second-order valence-electron chi connectivity index (χ2n) is 4.66. The number of hydrogen-bond donors (Lipinski definition) is 3. The Hall–Kier alpha value is -0.750. The zero-order chi connectivity index (χ0) is 16.7. The fraction of sp³-hybridized carbons (Fsp3) is 0.600. The van der Waals surface area contributed by atoms with Gasteiger partial charge < -0.3 is 10.1 Å². The maximum Gasteiger partial charge on any atom is 0.472 e. The molecule has 1 rings (SSSR count). The van der Waals surface area contributed by atoms with Gasteiger partial charge in [0.05, 0.1) is 13.2 Å². The Balaban J connectivity index is 0.000000425. The van der Waals surface area contributed by atoms with Crippen molar-refractivity contribution >= 4 is 7.82 Å². The number of unbranched alkanes of at least 4 members (excludes halogenated alkanes) is 2. The Morgan fingerprint density at radius 3 is 1.95 bits per heavy atom. The maximum absolute atomic E-state index is 11.1. The minimum absolute atomic E-state index is 0.288. The smallest absolute Gasteiger partial charge is 0.316 e. The van der Waals surface area contributed by atoms with Gasteiger partial charge in [0, 0.05) is 6.54 Å². The molecule has 1 aromatic carbocycles. The van der Waals surface area contributed by atoms with Crippen LogP contribution in [0.5, 0.6) is 0 Å². The first-order valence-corrected chi connectivity index (χ1v) is 9.08. The van der Waals surface area contributed by atoms with Gasteiger partial charge in [-0.2, -0.15) is 0 Å². The Labute approximate surface area is 133 Å². The lowest BCUT2D eigenvalue weighted by Crippen LogP contribution is -2.05. The van der Waals surface area contributed by atoms with Crippen molar-refractivity contribution in [2.24, 2.45) is 0 Å². The van der Waals surface area contributed by atoms with Crippen LogP contribution in [-0.4, -0.2) is 23.3 Å². The van der Waals surface area contributed by atoms with Gasteiger partial charge in [-0.3, -0.25) is 9.05 Å². The zero-order valence-corrected chi connectivity index (χ0v) is 14.3.